The van der Waals surface area contributed by atoms with E-state index in [-0.39, 0.29) is 0 Å². The van der Waals surface area contributed by atoms with Crippen LogP contribution in [0.25, 0.3) is 10.9 Å². The molecule has 0 radical (unpaired) electrons. The van der Waals surface area contributed by atoms with Gasteiger partial charge in [0.05, 0.1) is 0 Å². The van der Waals surface area contributed by atoms with Gasteiger partial charge in [-0.2, -0.15) is 0 Å². The summed E-state index contributed by atoms with van der Waals surface area (Å²) in [5.74, 6) is 2.52. The maximum absolute atomic E-state index is 5.47. The summed E-state index contributed by atoms with van der Waals surface area (Å²) >= 11 is 0. The first-order chi connectivity index (χ1) is 9.40. The Kier molecular flexibility index (Phi) is 2.62. The van der Waals surface area contributed by atoms with Crippen LogP contribution in [0.5, 0.6) is 11.5 Å². The standard InChI is InChI=1S/C15H18N2O2/c1-3-16-4-2-10(1)5-11-8-17-13-7-15-14(6-12(11)13)18-9-19-15/h6-8,10,16-17H,1-5,9H2. The van der Waals surface area contributed by atoms with Gasteiger partial charge in [0.1, 0.15) is 0 Å². The molecule has 3 heterocycles. The fourth-order valence-electron chi connectivity index (χ4n) is 3.14. The van der Waals surface area contributed by atoms with E-state index in [0.717, 1.165) is 42.4 Å². The summed E-state index contributed by atoms with van der Waals surface area (Å²) in [5, 5.41) is 4.70. The Bertz CT molecular complexity index is 599. The van der Waals surface area contributed by atoms with E-state index in [1.165, 1.54) is 23.8 Å². The smallest absolute Gasteiger partial charge is 0.231 e. The van der Waals surface area contributed by atoms with Crippen molar-refractivity contribution in [1.29, 1.82) is 0 Å². The number of rotatable bonds is 2. The first-order valence-electron chi connectivity index (χ1n) is 7.00. The fraction of sp³-hybridized carbons (Fsp3) is 0.467. The Morgan fingerprint density at radius 1 is 1.11 bits per heavy atom. The van der Waals surface area contributed by atoms with Crippen LogP contribution in [0.2, 0.25) is 0 Å². The molecular weight excluding hydrogens is 240 g/mol. The molecule has 0 unspecified atom stereocenters. The van der Waals surface area contributed by atoms with Crippen molar-refractivity contribution < 1.29 is 9.47 Å². The summed E-state index contributed by atoms with van der Waals surface area (Å²) in [6.07, 6.45) is 5.84. The third-order valence-corrected chi connectivity index (χ3v) is 4.23. The summed E-state index contributed by atoms with van der Waals surface area (Å²) in [6.45, 7) is 2.64. The summed E-state index contributed by atoms with van der Waals surface area (Å²) in [5.41, 5.74) is 2.55. The van der Waals surface area contributed by atoms with Crippen LogP contribution in [0.4, 0.5) is 0 Å². The highest BCUT2D eigenvalue weighted by Crippen LogP contribution is 2.37. The fourth-order valence-corrected chi connectivity index (χ4v) is 3.14. The summed E-state index contributed by atoms with van der Waals surface area (Å²) < 4.78 is 10.9. The van der Waals surface area contributed by atoms with Gasteiger partial charge in [0, 0.05) is 23.2 Å². The van der Waals surface area contributed by atoms with Crippen molar-refractivity contribution in [3.8, 4) is 11.5 Å². The Hall–Kier alpha value is -1.68. The lowest BCUT2D eigenvalue weighted by molar-refractivity contribution is 0.174. The molecule has 2 N–H and O–H groups in total. The highest BCUT2D eigenvalue weighted by atomic mass is 16.7. The second-order valence-corrected chi connectivity index (χ2v) is 5.46. The quantitative estimate of drug-likeness (QED) is 0.869. The van der Waals surface area contributed by atoms with Crippen LogP contribution in [-0.2, 0) is 6.42 Å². The second kappa shape index (κ2) is 4.46. The van der Waals surface area contributed by atoms with Crippen LogP contribution < -0.4 is 14.8 Å². The third-order valence-electron chi connectivity index (χ3n) is 4.23. The molecule has 100 valence electrons. The van der Waals surface area contributed by atoms with Gasteiger partial charge in [-0.25, -0.2) is 0 Å². The van der Waals surface area contributed by atoms with Gasteiger partial charge in [-0.3, -0.25) is 0 Å². The number of H-pyrrole nitrogens is 1. The Balaban J connectivity index is 1.66. The van der Waals surface area contributed by atoms with Crippen molar-refractivity contribution in [1.82, 2.24) is 10.3 Å². The van der Waals surface area contributed by atoms with Crippen molar-refractivity contribution in [2.45, 2.75) is 19.3 Å². The number of piperidine rings is 1. The minimum absolute atomic E-state index is 0.339. The first-order valence-corrected chi connectivity index (χ1v) is 7.00. The van der Waals surface area contributed by atoms with E-state index in [1.54, 1.807) is 0 Å². The van der Waals surface area contributed by atoms with Crippen LogP contribution in [-0.4, -0.2) is 24.9 Å². The first kappa shape index (κ1) is 11.2. The van der Waals surface area contributed by atoms with Gasteiger partial charge in [-0.05, 0) is 49.9 Å². The molecule has 0 saturated carbocycles. The molecule has 19 heavy (non-hydrogen) atoms. The van der Waals surface area contributed by atoms with Gasteiger partial charge in [0.2, 0.25) is 6.79 Å². The molecular formula is C15H18N2O2. The highest BCUT2D eigenvalue weighted by Gasteiger charge is 2.19. The molecule has 2 aliphatic heterocycles. The van der Waals surface area contributed by atoms with Gasteiger partial charge in [-0.15, -0.1) is 0 Å². The monoisotopic (exact) mass is 258 g/mol. The van der Waals surface area contributed by atoms with Crippen molar-refractivity contribution in [3.05, 3.63) is 23.9 Å². The average Bonchev–Trinajstić information content (AvgIpc) is 3.05. The zero-order valence-electron chi connectivity index (χ0n) is 10.9. The lowest BCUT2D eigenvalue weighted by atomic mass is 9.91. The maximum Gasteiger partial charge on any atom is 0.231 e. The molecule has 2 aliphatic rings. The van der Waals surface area contributed by atoms with Crippen molar-refractivity contribution in [2.75, 3.05) is 19.9 Å². The Labute approximate surface area is 112 Å². The normalized spacial score (nSPS) is 19.2. The number of benzene rings is 1. The van der Waals surface area contributed by atoms with E-state index in [2.05, 4.69) is 22.6 Å². The molecule has 0 spiro atoms. The van der Waals surface area contributed by atoms with Gasteiger partial charge in [0.25, 0.3) is 0 Å². The molecule has 1 aromatic carbocycles. The lowest BCUT2D eigenvalue weighted by Crippen LogP contribution is -2.28. The molecule has 4 heteroatoms. The van der Waals surface area contributed by atoms with Gasteiger partial charge < -0.3 is 19.8 Å². The number of fused-ring (bicyclic) bond motifs is 2. The Morgan fingerprint density at radius 2 is 1.89 bits per heavy atom. The molecule has 1 fully saturated rings. The van der Waals surface area contributed by atoms with Crippen LogP contribution in [0.15, 0.2) is 18.3 Å². The summed E-state index contributed by atoms with van der Waals surface area (Å²) in [6, 6.07) is 4.16. The number of ether oxygens (including phenoxy) is 2. The lowest BCUT2D eigenvalue weighted by Gasteiger charge is -2.22. The van der Waals surface area contributed by atoms with Crippen molar-refractivity contribution in [3.63, 3.8) is 0 Å². The van der Waals surface area contributed by atoms with Crippen LogP contribution in [0, 0.1) is 5.92 Å². The average molecular weight is 258 g/mol. The number of aromatic nitrogens is 1. The molecule has 1 aromatic heterocycles. The predicted octanol–water partition coefficient (Wildman–Crippen LogP) is 2.44. The van der Waals surface area contributed by atoms with Gasteiger partial charge in [0.15, 0.2) is 11.5 Å². The topological polar surface area (TPSA) is 46.3 Å². The maximum atomic E-state index is 5.47. The molecule has 2 aromatic rings. The van der Waals surface area contributed by atoms with E-state index in [0.29, 0.717) is 6.79 Å². The number of nitrogens with one attached hydrogen (secondary N) is 2. The van der Waals surface area contributed by atoms with Crippen molar-refractivity contribution >= 4 is 10.9 Å². The second-order valence-electron chi connectivity index (χ2n) is 5.46. The van der Waals surface area contributed by atoms with E-state index in [4.69, 9.17) is 9.47 Å². The minimum atomic E-state index is 0.339. The van der Waals surface area contributed by atoms with Crippen molar-refractivity contribution in [2.24, 2.45) is 5.92 Å². The molecule has 4 nitrogen and oxygen atoms in total. The van der Waals surface area contributed by atoms with Gasteiger partial charge >= 0.3 is 0 Å². The van der Waals surface area contributed by atoms with E-state index < -0.39 is 0 Å². The molecule has 0 aliphatic carbocycles. The predicted molar refractivity (Wildman–Crippen MR) is 73.7 cm³/mol. The van der Waals surface area contributed by atoms with Crippen LogP contribution >= 0.6 is 0 Å². The molecule has 1 saturated heterocycles. The summed E-state index contributed by atoms with van der Waals surface area (Å²) in [4.78, 5) is 3.36. The third kappa shape index (κ3) is 1.96. The molecule has 0 atom stereocenters. The number of aromatic amines is 1. The number of hydrogen-bond donors (Lipinski definition) is 2. The van der Waals surface area contributed by atoms with E-state index >= 15 is 0 Å². The molecule has 0 bridgehead atoms. The van der Waals surface area contributed by atoms with E-state index in [9.17, 15) is 0 Å². The van der Waals surface area contributed by atoms with Crippen LogP contribution in [0.1, 0.15) is 18.4 Å². The Morgan fingerprint density at radius 3 is 2.74 bits per heavy atom. The van der Waals surface area contributed by atoms with E-state index in [1.807, 2.05) is 6.07 Å². The highest BCUT2D eigenvalue weighted by molar-refractivity contribution is 5.87. The van der Waals surface area contributed by atoms with Gasteiger partial charge in [-0.1, -0.05) is 0 Å². The largest absolute Gasteiger partial charge is 0.454 e. The molecule has 0 amide bonds. The SMILES string of the molecule is c1[nH]c2cc3c(cc2c1CC1CCNCC1)OCO3. The zero-order chi connectivity index (χ0) is 12.7. The minimum Gasteiger partial charge on any atom is -0.454 e. The zero-order valence-corrected chi connectivity index (χ0v) is 10.9. The molecule has 4 rings (SSSR count). The summed E-state index contributed by atoms with van der Waals surface area (Å²) in [7, 11) is 0. The van der Waals surface area contributed by atoms with Crippen LogP contribution in [0.3, 0.4) is 0 Å². The number of hydrogen-bond acceptors (Lipinski definition) is 3.